The maximum atomic E-state index is 13.3. The van der Waals surface area contributed by atoms with E-state index in [0.717, 1.165) is 0 Å². The molecule has 2 atom stereocenters. The Kier molecular flexibility index (Phi) is 4.85. The first-order valence-corrected chi connectivity index (χ1v) is 9.82. The minimum atomic E-state index is -3.92. The normalized spacial score (nSPS) is 25.8. The van der Waals surface area contributed by atoms with E-state index in [1.165, 1.54) is 13.8 Å². The van der Waals surface area contributed by atoms with Crippen molar-refractivity contribution in [2.24, 2.45) is 5.73 Å². The zero-order chi connectivity index (χ0) is 19.3. The van der Waals surface area contributed by atoms with E-state index in [1.807, 2.05) is 20.8 Å². The summed E-state index contributed by atoms with van der Waals surface area (Å²) < 4.78 is 34.7. The molecule has 1 aromatic heterocycles. The Morgan fingerprint density at radius 3 is 2.40 bits per heavy atom. The van der Waals surface area contributed by atoms with Crippen LogP contribution in [0.4, 0.5) is 0 Å². The summed E-state index contributed by atoms with van der Waals surface area (Å²) in [7, 11) is -3.92. The Bertz CT molecular complexity index is 760. The Balaban J connectivity index is 2.54. The predicted octanol–water partition coefficient (Wildman–Crippen LogP) is 1.91. The Morgan fingerprint density at radius 2 is 1.92 bits per heavy atom. The molecular formula is C17H28N2O5S. The standard InChI is InChI=1S/C17H28N2O5S/c1-15(2,3)13-9-12(19-24-13)11-10-23-8-7-17(11,6)25(21,22)16(4,5)14(18)20/h9,11H,7-8,10H2,1-6H3,(H2,18,20). The number of hydrogen-bond acceptors (Lipinski definition) is 6. The smallest absolute Gasteiger partial charge is 0.238 e. The van der Waals surface area contributed by atoms with E-state index in [4.69, 9.17) is 15.0 Å². The van der Waals surface area contributed by atoms with E-state index in [0.29, 0.717) is 18.1 Å². The van der Waals surface area contributed by atoms with Crippen LogP contribution in [0.25, 0.3) is 0 Å². The zero-order valence-corrected chi connectivity index (χ0v) is 16.6. The minimum Gasteiger partial charge on any atom is -0.381 e. The van der Waals surface area contributed by atoms with Gasteiger partial charge in [-0.05, 0) is 27.2 Å². The van der Waals surface area contributed by atoms with Gasteiger partial charge in [0.05, 0.1) is 17.0 Å². The molecule has 0 bridgehead atoms. The largest absolute Gasteiger partial charge is 0.381 e. The number of sulfone groups is 1. The summed E-state index contributed by atoms with van der Waals surface area (Å²) in [6, 6.07) is 1.78. The summed E-state index contributed by atoms with van der Waals surface area (Å²) in [5, 5.41) is 4.11. The third kappa shape index (κ3) is 3.10. The van der Waals surface area contributed by atoms with E-state index < -0.39 is 31.2 Å². The fourth-order valence-corrected chi connectivity index (χ4v) is 5.41. The fraction of sp³-hybridized carbons (Fsp3) is 0.765. The summed E-state index contributed by atoms with van der Waals surface area (Å²) in [5.41, 5.74) is 5.66. The zero-order valence-electron chi connectivity index (χ0n) is 15.8. The van der Waals surface area contributed by atoms with Gasteiger partial charge < -0.3 is 15.0 Å². The van der Waals surface area contributed by atoms with E-state index in [2.05, 4.69) is 5.16 Å². The summed E-state index contributed by atoms with van der Waals surface area (Å²) in [6.45, 7) is 10.8. The molecule has 1 aromatic rings. The molecule has 1 aliphatic rings. The van der Waals surface area contributed by atoms with Gasteiger partial charge in [0, 0.05) is 24.0 Å². The molecule has 0 saturated carbocycles. The lowest BCUT2D eigenvalue weighted by Crippen LogP contribution is -2.58. The molecule has 1 saturated heterocycles. The number of amides is 1. The van der Waals surface area contributed by atoms with E-state index >= 15 is 0 Å². The van der Waals surface area contributed by atoms with Gasteiger partial charge in [0.2, 0.25) is 5.91 Å². The van der Waals surface area contributed by atoms with Crippen LogP contribution in [0.3, 0.4) is 0 Å². The maximum absolute atomic E-state index is 13.3. The van der Waals surface area contributed by atoms with Crippen LogP contribution in [0.5, 0.6) is 0 Å². The second kappa shape index (κ2) is 6.09. The number of rotatable bonds is 4. The fourth-order valence-electron chi connectivity index (χ4n) is 3.07. The second-order valence-electron chi connectivity index (χ2n) is 8.43. The molecule has 7 nitrogen and oxygen atoms in total. The summed E-state index contributed by atoms with van der Waals surface area (Å²) in [6.07, 6.45) is 0.258. The van der Waals surface area contributed by atoms with Gasteiger partial charge in [-0.15, -0.1) is 0 Å². The summed E-state index contributed by atoms with van der Waals surface area (Å²) in [4.78, 5) is 11.8. The van der Waals surface area contributed by atoms with Gasteiger partial charge in [-0.3, -0.25) is 4.79 Å². The minimum absolute atomic E-state index is 0.195. The van der Waals surface area contributed by atoms with Crippen molar-refractivity contribution in [1.82, 2.24) is 5.16 Å². The number of hydrogen-bond donors (Lipinski definition) is 1. The van der Waals surface area contributed by atoms with E-state index in [1.54, 1.807) is 13.0 Å². The average Bonchev–Trinajstić information content (AvgIpc) is 2.96. The first kappa shape index (κ1) is 19.9. The van der Waals surface area contributed by atoms with Crippen molar-refractivity contribution in [2.75, 3.05) is 13.2 Å². The molecule has 8 heteroatoms. The average molecular weight is 372 g/mol. The number of primary amides is 1. The number of nitrogens with zero attached hydrogens (tertiary/aromatic N) is 1. The molecule has 1 amide bonds. The maximum Gasteiger partial charge on any atom is 0.238 e. The highest BCUT2D eigenvalue weighted by Crippen LogP contribution is 2.45. The van der Waals surface area contributed by atoms with Crippen molar-refractivity contribution in [3.63, 3.8) is 0 Å². The van der Waals surface area contributed by atoms with E-state index in [-0.39, 0.29) is 18.4 Å². The molecule has 142 valence electrons. The van der Waals surface area contributed by atoms with Crippen molar-refractivity contribution in [1.29, 1.82) is 0 Å². The lowest BCUT2D eigenvalue weighted by atomic mass is 9.85. The molecule has 2 unspecified atom stereocenters. The Labute approximate surface area is 149 Å². The van der Waals surface area contributed by atoms with Crippen molar-refractivity contribution < 1.29 is 22.5 Å². The van der Waals surface area contributed by atoms with Crippen LogP contribution < -0.4 is 5.73 Å². The molecule has 2 heterocycles. The highest BCUT2D eigenvalue weighted by atomic mass is 32.2. The van der Waals surface area contributed by atoms with Crippen LogP contribution in [-0.4, -0.2) is 42.2 Å². The quantitative estimate of drug-likeness (QED) is 0.864. The summed E-state index contributed by atoms with van der Waals surface area (Å²) in [5.74, 6) is -0.735. The van der Waals surface area contributed by atoms with Crippen LogP contribution in [0, 0.1) is 0 Å². The van der Waals surface area contributed by atoms with Gasteiger partial charge in [-0.25, -0.2) is 8.42 Å². The van der Waals surface area contributed by atoms with Crippen molar-refractivity contribution >= 4 is 15.7 Å². The second-order valence-corrected chi connectivity index (χ2v) is 11.4. The predicted molar refractivity (Wildman–Crippen MR) is 94.0 cm³/mol. The van der Waals surface area contributed by atoms with Crippen molar-refractivity contribution in [3.05, 3.63) is 17.5 Å². The topological polar surface area (TPSA) is 112 Å². The molecular weight excluding hydrogens is 344 g/mol. The monoisotopic (exact) mass is 372 g/mol. The molecule has 1 fully saturated rings. The molecule has 2 N–H and O–H groups in total. The molecule has 0 aromatic carbocycles. The molecule has 25 heavy (non-hydrogen) atoms. The van der Waals surface area contributed by atoms with Gasteiger partial charge in [-0.1, -0.05) is 25.9 Å². The van der Waals surface area contributed by atoms with Crippen LogP contribution in [0.15, 0.2) is 10.6 Å². The van der Waals surface area contributed by atoms with Gasteiger partial charge in [-0.2, -0.15) is 0 Å². The molecule has 2 rings (SSSR count). The molecule has 0 aliphatic carbocycles. The highest BCUT2D eigenvalue weighted by Gasteiger charge is 2.57. The van der Waals surface area contributed by atoms with Gasteiger partial charge >= 0.3 is 0 Å². The first-order valence-electron chi connectivity index (χ1n) is 8.34. The van der Waals surface area contributed by atoms with Gasteiger partial charge in [0.15, 0.2) is 9.84 Å². The Hall–Kier alpha value is -1.41. The SMILES string of the molecule is CC(C)(C)c1cc(C2COCCC2(C)S(=O)(=O)C(C)(C)C(N)=O)no1. The number of carbonyl (C=O) groups excluding carboxylic acids is 1. The summed E-state index contributed by atoms with van der Waals surface area (Å²) >= 11 is 0. The van der Waals surface area contributed by atoms with Crippen LogP contribution in [0.2, 0.25) is 0 Å². The number of carbonyl (C=O) groups is 1. The van der Waals surface area contributed by atoms with Gasteiger partial charge in [0.25, 0.3) is 0 Å². The Morgan fingerprint density at radius 1 is 1.32 bits per heavy atom. The molecule has 1 aliphatic heterocycles. The first-order chi connectivity index (χ1) is 11.2. The van der Waals surface area contributed by atoms with Crippen molar-refractivity contribution in [3.8, 4) is 0 Å². The number of nitrogens with two attached hydrogens (primary N) is 1. The third-order valence-electron chi connectivity index (χ3n) is 5.27. The van der Waals surface area contributed by atoms with Gasteiger partial charge in [0.1, 0.15) is 10.5 Å². The van der Waals surface area contributed by atoms with Crippen LogP contribution >= 0.6 is 0 Å². The highest BCUT2D eigenvalue weighted by molar-refractivity contribution is 7.95. The van der Waals surface area contributed by atoms with Crippen molar-refractivity contribution in [2.45, 2.75) is 68.8 Å². The third-order valence-corrected chi connectivity index (χ3v) is 8.53. The van der Waals surface area contributed by atoms with E-state index in [9.17, 15) is 13.2 Å². The van der Waals surface area contributed by atoms with Crippen LogP contribution in [-0.2, 0) is 24.8 Å². The number of ether oxygens (including phenoxy) is 1. The van der Waals surface area contributed by atoms with Crippen LogP contribution in [0.1, 0.15) is 65.3 Å². The lowest BCUT2D eigenvalue weighted by Gasteiger charge is -2.43. The lowest BCUT2D eigenvalue weighted by molar-refractivity contribution is -0.119. The molecule has 0 spiro atoms. The molecule has 0 radical (unpaired) electrons. The number of aromatic nitrogens is 1.